The third-order valence-corrected chi connectivity index (χ3v) is 2.94. The maximum absolute atomic E-state index is 5.73. The summed E-state index contributed by atoms with van der Waals surface area (Å²) in [5.41, 5.74) is 0.976. The van der Waals surface area contributed by atoms with Crippen molar-refractivity contribution in [3.63, 3.8) is 0 Å². The van der Waals surface area contributed by atoms with Gasteiger partial charge in [-0.05, 0) is 37.7 Å². The van der Waals surface area contributed by atoms with Crippen LogP contribution in [0.1, 0.15) is 12.1 Å². The molecule has 0 saturated carbocycles. The first-order valence-electron chi connectivity index (χ1n) is 5.14. The van der Waals surface area contributed by atoms with Crippen molar-refractivity contribution < 1.29 is 0 Å². The smallest absolute Gasteiger partial charge is 0.222 e. The van der Waals surface area contributed by atoms with Gasteiger partial charge in [0, 0.05) is 25.3 Å². The first-order chi connectivity index (χ1) is 7.25. The Morgan fingerprint density at radius 1 is 1.67 bits per heavy atom. The van der Waals surface area contributed by atoms with Gasteiger partial charge in [-0.15, -0.1) is 0 Å². The van der Waals surface area contributed by atoms with E-state index < -0.39 is 0 Å². The largest absolute Gasteiger partial charge is 0.315 e. The molecule has 1 atom stereocenters. The van der Waals surface area contributed by atoms with Crippen LogP contribution in [-0.4, -0.2) is 41.0 Å². The van der Waals surface area contributed by atoms with Crippen LogP contribution in [0.2, 0.25) is 5.28 Å². The summed E-state index contributed by atoms with van der Waals surface area (Å²) in [6.45, 7) is 3.00. The molecule has 15 heavy (non-hydrogen) atoms. The van der Waals surface area contributed by atoms with Crippen LogP contribution in [0.3, 0.4) is 0 Å². The van der Waals surface area contributed by atoms with Gasteiger partial charge < -0.3 is 5.32 Å². The lowest BCUT2D eigenvalue weighted by Crippen LogP contribution is -2.33. The SMILES string of the molecule is CN(Cc1ccnc(Cl)n1)[C@@H]1CCNC1. The van der Waals surface area contributed by atoms with E-state index in [4.69, 9.17) is 11.6 Å². The summed E-state index contributed by atoms with van der Waals surface area (Å²) in [5, 5.41) is 3.67. The number of hydrogen-bond donors (Lipinski definition) is 1. The molecule has 5 heteroatoms. The number of nitrogens with zero attached hydrogens (tertiary/aromatic N) is 3. The fourth-order valence-electron chi connectivity index (χ4n) is 1.86. The minimum atomic E-state index is 0.324. The number of nitrogens with one attached hydrogen (secondary N) is 1. The second kappa shape index (κ2) is 4.88. The highest BCUT2D eigenvalue weighted by atomic mass is 35.5. The van der Waals surface area contributed by atoms with Crippen LogP contribution in [-0.2, 0) is 6.54 Å². The average Bonchev–Trinajstić information content (AvgIpc) is 2.70. The number of likely N-dealkylation sites (N-methyl/N-ethyl adjacent to an activating group) is 1. The molecule has 1 aromatic rings. The Labute approximate surface area is 94.7 Å². The third-order valence-electron chi connectivity index (χ3n) is 2.75. The fourth-order valence-corrected chi connectivity index (χ4v) is 2.02. The monoisotopic (exact) mass is 226 g/mol. The third kappa shape index (κ3) is 2.87. The second-order valence-corrected chi connectivity index (χ2v) is 4.22. The van der Waals surface area contributed by atoms with Crippen molar-refractivity contribution in [2.75, 3.05) is 20.1 Å². The number of hydrogen-bond acceptors (Lipinski definition) is 4. The Bertz CT molecular complexity index is 325. The Hall–Kier alpha value is -0.710. The van der Waals surface area contributed by atoms with Crippen molar-refractivity contribution >= 4 is 11.6 Å². The Morgan fingerprint density at radius 2 is 2.53 bits per heavy atom. The van der Waals surface area contributed by atoms with Gasteiger partial charge in [0.1, 0.15) is 0 Å². The van der Waals surface area contributed by atoms with Gasteiger partial charge in [0.15, 0.2) is 0 Å². The van der Waals surface area contributed by atoms with Crippen molar-refractivity contribution in [3.05, 3.63) is 23.2 Å². The van der Waals surface area contributed by atoms with E-state index in [1.165, 1.54) is 6.42 Å². The average molecular weight is 227 g/mol. The Kier molecular flexibility index (Phi) is 3.51. The summed E-state index contributed by atoms with van der Waals surface area (Å²) in [7, 11) is 2.12. The summed E-state index contributed by atoms with van der Waals surface area (Å²) in [6, 6.07) is 2.52. The molecule has 1 N–H and O–H groups in total. The van der Waals surface area contributed by atoms with E-state index in [1.54, 1.807) is 6.20 Å². The molecule has 1 aromatic heterocycles. The van der Waals surface area contributed by atoms with Crippen molar-refractivity contribution in [2.45, 2.75) is 19.0 Å². The lowest BCUT2D eigenvalue weighted by Gasteiger charge is -2.22. The zero-order chi connectivity index (χ0) is 10.7. The summed E-state index contributed by atoms with van der Waals surface area (Å²) in [5.74, 6) is 0. The first-order valence-corrected chi connectivity index (χ1v) is 5.52. The van der Waals surface area contributed by atoms with Crippen LogP contribution in [0.25, 0.3) is 0 Å². The van der Waals surface area contributed by atoms with E-state index >= 15 is 0 Å². The van der Waals surface area contributed by atoms with E-state index in [0.29, 0.717) is 11.3 Å². The number of aromatic nitrogens is 2. The summed E-state index contributed by atoms with van der Waals surface area (Å²) in [4.78, 5) is 10.3. The van der Waals surface area contributed by atoms with Gasteiger partial charge in [-0.2, -0.15) is 0 Å². The minimum Gasteiger partial charge on any atom is -0.315 e. The zero-order valence-electron chi connectivity index (χ0n) is 8.78. The molecule has 0 amide bonds. The van der Waals surface area contributed by atoms with Crippen LogP contribution >= 0.6 is 11.6 Å². The predicted molar refractivity (Wildman–Crippen MR) is 59.8 cm³/mol. The molecule has 0 aromatic carbocycles. The maximum atomic E-state index is 5.73. The molecular weight excluding hydrogens is 212 g/mol. The summed E-state index contributed by atoms with van der Waals surface area (Å²) >= 11 is 5.73. The van der Waals surface area contributed by atoms with E-state index in [1.807, 2.05) is 6.07 Å². The van der Waals surface area contributed by atoms with Gasteiger partial charge in [0.05, 0.1) is 5.69 Å². The molecular formula is C10H15ClN4. The van der Waals surface area contributed by atoms with E-state index in [-0.39, 0.29) is 0 Å². The molecule has 1 fully saturated rings. The summed E-state index contributed by atoms with van der Waals surface area (Å²) < 4.78 is 0. The highest BCUT2D eigenvalue weighted by Gasteiger charge is 2.19. The van der Waals surface area contributed by atoms with Crippen LogP contribution < -0.4 is 5.32 Å². The molecule has 2 heterocycles. The van der Waals surface area contributed by atoms with Crippen LogP contribution in [0.15, 0.2) is 12.3 Å². The molecule has 0 unspecified atom stereocenters. The van der Waals surface area contributed by atoms with Gasteiger partial charge in [-0.25, -0.2) is 9.97 Å². The Balaban J connectivity index is 1.95. The van der Waals surface area contributed by atoms with Gasteiger partial charge >= 0.3 is 0 Å². The standard InChI is InChI=1S/C10H15ClN4/c1-15(9-3-4-12-6-9)7-8-2-5-13-10(11)14-8/h2,5,9,12H,3-4,6-7H2,1H3/t9-/m1/s1. The fraction of sp³-hybridized carbons (Fsp3) is 0.600. The molecule has 0 spiro atoms. The normalized spacial score (nSPS) is 21.1. The van der Waals surface area contributed by atoms with Crippen molar-refractivity contribution in [1.29, 1.82) is 0 Å². The first kappa shape index (κ1) is 10.8. The molecule has 0 radical (unpaired) electrons. The van der Waals surface area contributed by atoms with Gasteiger partial charge in [0.2, 0.25) is 5.28 Å². The second-order valence-electron chi connectivity index (χ2n) is 3.88. The predicted octanol–water partition coefficient (Wildman–Crippen LogP) is 0.924. The van der Waals surface area contributed by atoms with Crippen molar-refractivity contribution in [3.8, 4) is 0 Å². The van der Waals surface area contributed by atoms with Crippen molar-refractivity contribution in [2.24, 2.45) is 0 Å². The minimum absolute atomic E-state index is 0.324. The van der Waals surface area contributed by atoms with E-state index in [0.717, 1.165) is 25.3 Å². The summed E-state index contributed by atoms with van der Waals surface area (Å²) in [6.07, 6.45) is 2.90. The van der Waals surface area contributed by atoms with Crippen LogP contribution in [0.4, 0.5) is 0 Å². The molecule has 1 aliphatic heterocycles. The van der Waals surface area contributed by atoms with E-state index in [2.05, 4.69) is 27.2 Å². The topological polar surface area (TPSA) is 41.1 Å². The van der Waals surface area contributed by atoms with Gasteiger partial charge in [-0.3, -0.25) is 4.90 Å². The zero-order valence-corrected chi connectivity index (χ0v) is 9.54. The number of halogens is 1. The lowest BCUT2D eigenvalue weighted by atomic mass is 10.2. The quantitative estimate of drug-likeness (QED) is 0.779. The molecule has 1 saturated heterocycles. The van der Waals surface area contributed by atoms with Crippen LogP contribution in [0, 0.1) is 0 Å². The van der Waals surface area contributed by atoms with Crippen molar-refractivity contribution in [1.82, 2.24) is 20.2 Å². The molecule has 82 valence electrons. The Morgan fingerprint density at radius 3 is 3.20 bits per heavy atom. The van der Waals surface area contributed by atoms with Crippen LogP contribution in [0.5, 0.6) is 0 Å². The number of rotatable bonds is 3. The van der Waals surface area contributed by atoms with Gasteiger partial charge in [-0.1, -0.05) is 0 Å². The van der Waals surface area contributed by atoms with E-state index in [9.17, 15) is 0 Å². The molecule has 0 aliphatic carbocycles. The highest BCUT2D eigenvalue weighted by molar-refractivity contribution is 6.28. The highest BCUT2D eigenvalue weighted by Crippen LogP contribution is 2.10. The maximum Gasteiger partial charge on any atom is 0.222 e. The molecule has 4 nitrogen and oxygen atoms in total. The molecule has 0 bridgehead atoms. The lowest BCUT2D eigenvalue weighted by molar-refractivity contribution is 0.246. The molecule has 1 aliphatic rings. The van der Waals surface area contributed by atoms with Gasteiger partial charge in [0.25, 0.3) is 0 Å². The molecule has 2 rings (SSSR count).